The Bertz CT molecular complexity index is 638. The first kappa shape index (κ1) is 17.7. The van der Waals surface area contributed by atoms with Crippen LogP contribution < -0.4 is 4.90 Å². The van der Waals surface area contributed by atoms with Crippen molar-refractivity contribution in [2.45, 2.75) is 33.0 Å². The van der Waals surface area contributed by atoms with Gasteiger partial charge in [-0.15, -0.1) is 0 Å². The molecule has 25 heavy (non-hydrogen) atoms. The van der Waals surface area contributed by atoms with Crippen LogP contribution in [0.4, 0.5) is 5.82 Å². The molecule has 3 rings (SSSR count). The van der Waals surface area contributed by atoms with Gasteiger partial charge in [0.1, 0.15) is 5.82 Å². The van der Waals surface area contributed by atoms with Crippen LogP contribution in [0.2, 0.25) is 0 Å². The lowest BCUT2D eigenvalue weighted by molar-refractivity contribution is -0.142. The molecule has 0 spiro atoms. The fraction of sp³-hybridized carbons (Fsp3) is 0.611. The standard InChI is InChI=1S/C18H25N3O4/c1-11-7-21(10-15(11)18(23)24)17(22)14-4-5-16(19-6-14)20-8-12(2)25-13(3)9-20/h4-6,11-13,15H,7-10H2,1-3H3,(H,23,24)/t11-,12?,13?,15-/m1/s1. The highest BCUT2D eigenvalue weighted by molar-refractivity contribution is 5.94. The number of hydrogen-bond acceptors (Lipinski definition) is 5. The number of carboxylic acid groups (broad SMARTS) is 1. The Morgan fingerprint density at radius 3 is 2.32 bits per heavy atom. The summed E-state index contributed by atoms with van der Waals surface area (Å²) >= 11 is 0. The summed E-state index contributed by atoms with van der Waals surface area (Å²) in [5.74, 6) is -0.695. The molecule has 0 saturated carbocycles. The minimum atomic E-state index is -0.841. The van der Waals surface area contributed by atoms with Crippen molar-refractivity contribution in [2.24, 2.45) is 11.8 Å². The number of nitrogens with zero attached hydrogens (tertiary/aromatic N) is 3. The predicted octanol–water partition coefficient (Wildman–Crippen LogP) is 1.49. The van der Waals surface area contributed by atoms with Crippen LogP contribution in [0.3, 0.4) is 0 Å². The zero-order valence-electron chi connectivity index (χ0n) is 14.9. The molecule has 4 atom stereocenters. The Balaban J connectivity index is 1.68. The molecule has 1 aromatic rings. The Hall–Kier alpha value is -2.15. The third-order valence-corrected chi connectivity index (χ3v) is 4.96. The van der Waals surface area contributed by atoms with Gasteiger partial charge in [-0.25, -0.2) is 4.98 Å². The quantitative estimate of drug-likeness (QED) is 0.892. The summed E-state index contributed by atoms with van der Waals surface area (Å²) in [4.78, 5) is 32.0. The van der Waals surface area contributed by atoms with Crippen LogP contribution in [-0.4, -0.2) is 65.3 Å². The summed E-state index contributed by atoms with van der Waals surface area (Å²) < 4.78 is 5.73. The third-order valence-electron chi connectivity index (χ3n) is 4.96. The average molecular weight is 347 g/mol. The van der Waals surface area contributed by atoms with E-state index in [4.69, 9.17) is 4.74 Å². The Labute approximate surface area is 147 Å². The molecule has 1 amide bonds. The second-order valence-corrected chi connectivity index (χ2v) is 7.20. The van der Waals surface area contributed by atoms with E-state index in [-0.39, 0.29) is 30.6 Å². The van der Waals surface area contributed by atoms with Crippen LogP contribution in [0, 0.1) is 11.8 Å². The number of carbonyl (C=O) groups excluding carboxylic acids is 1. The highest BCUT2D eigenvalue weighted by Gasteiger charge is 2.37. The van der Waals surface area contributed by atoms with E-state index in [1.807, 2.05) is 26.8 Å². The number of carboxylic acids is 1. The van der Waals surface area contributed by atoms with Crippen LogP contribution in [0.1, 0.15) is 31.1 Å². The van der Waals surface area contributed by atoms with Gasteiger partial charge in [-0.05, 0) is 31.9 Å². The van der Waals surface area contributed by atoms with Gasteiger partial charge in [0, 0.05) is 32.4 Å². The van der Waals surface area contributed by atoms with Crippen molar-refractivity contribution in [3.8, 4) is 0 Å². The van der Waals surface area contributed by atoms with Crippen LogP contribution in [0.25, 0.3) is 0 Å². The second-order valence-electron chi connectivity index (χ2n) is 7.20. The molecule has 0 radical (unpaired) electrons. The lowest BCUT2D eigenvalue weighted by Crippen LogP contribution is -2.45. The van der Waals surface area contributed by atoms with E-state index < -0.39 is 11.9 Å². The van der Waals surface area contributed by atoms with Gasteiger partial charge in [0.05, 0.1) is 23.7 Å². The number of rotatable bonds is 3. The fourth-order valence-electron chi connectivity index (χ4n) is 3.70. The summed E-state index contributed by atoms with van der Waals surface area (Å²) in [6.07, 6.45) is 1.87. The molecular formula is C18H25N3O4. The van der Waals surface area contributed by atoms with E-state index in [1.54, 1.807) is 17.2 Å². The molecule has 2 unspecified atom stereocenters. The number of aromatic nitrogens is 1. The molecule has 0 bridgehead atoms. The van der Waals surface area contributed by atoms with E-state index in [0.29, 0.717) is 12.1 Å². The van der Waals surface area contributed by atoms with Gasteiger partial charge < -0.3 is 19.6 Å². The summed E-state index contributed by atoms with van der Waals surface area (Å²) in [7, 11) is 0. The maximum Gasteiger partial charge on any atom is 0.308 e. The van der Waals surface area contributed by atoms with E-state index in [1.165, 1.54) is 0 Å². The number of anilines is 1. The SMILES string of the molecule is CC1CN(c2ccc(C(=O)N3C[C@@H](C)[C@H](C(=O)O)C3)cn2)CC(C)O1. The minimum Gasteiger partial charge on any atom is -0.481 e. The fourth-order valence-corrected chi connectivity index (χ4v) is 3.70. The smallest absolute Gasteiger partial charge is 0.308 e. The van der Waals surface area contributed by atoms with Gasteiger partial charge in [-0.1, -0.05) is 6.92 Å². The van der Waals surface area contributed by atoms with Crippen molar-refractivity contribution in [1.29, 1.82) is 0 Å². The summed E-state index contributed by atoms with van der Waals surface area (Å²) in [6, 6.07) is 3.63. The zero-order chi connectivity index (χ0) is 18.1. The normalized spacial score (nSPS) is 29.7. The highest BCUT2D eigenvalue weighted by atomic mass is 16.5. The zero-order valence-corrected chi connectivity index (χ0v) is 14.9. The van der Waals surface area contributed by atoms with Gasteiger partial charge in [0.15, 0.2) is 0 Å². The number of carbonyl (C=O) groups is 2. The molecule has 1 aromatic heterocycles. The van der Waals surface area contributed by atoms with Gasteiger partial charge in [-0.3, -0.25) is 9.59 Å². The van der Waals surface area contributed by atoms with Gasteiger partial charge >= 0.3 is 5.97 Å². The number of pyridine rings is 1. The van der Waals surface area contributed by atoms with Crippen LogP contribution in [0.5, 0.6) is 0 Å². The maximum atomic E-state index is 12.6. The summed E-state index contributed by atoms with van der Waals surface area (Å²) in [5.41, 5.74) is 0.497. The van der Waals surface area contributed by atoms with E-state index in [0.717, 1.165) is 18.9 Å². The number of aliphatic carboxylic acids is 1. The molecule has 2 saturated heterocycles. The highest BCUT2D eigenvalue weighted by Crippen LogP contribution is 2.25. The van der Waals surface area contributed by atoms with Crippen molar-refractivity contribution in [3.05, 3.63) is 23.9 Å². The molecule has 3 heterocycles. The summed E-state index contributed by atoms with van der Waals surface area (Å²) in [5, 5.41) is 9.21. The minimum absolute atomic E-state index is 0.0370. The van der Waals surface area contributed by atoms with Crippen LogP contribution >= 0.6 is 0 Å². The molecule has 0 aliphatic carbocycles. The van der Waals surface area contributed by atoms with Crippen molar-refractivity contribution >= 4 is 17.7 Å². The third kappa shape index (κ3) is 3.76. The first-order valence-corrected chi connectivity index (χ1v) is 8.73. The van der Waals surface area contributed by atoms with Gasteiger partial charge in [-0.2, -0.15) is 0 Å². The molecule has 7 heteroatoms. The van der Waals surface area contributed by atoms with E-state index in [9.17, 15) is 14.7 Å². The predicted molar refractivity (Wildman–Crippen MR) is 92.7 cm³/mol. The molecule has 2 fully saturated rings. The molecule has 2 aliphatic heterocycles. The summed E-state index contributed by atoms with van der Waals surface area (Å²) in [6.45, 7) is 8.21. The van der Waals surface area contributed by atoms with Crippen molar-refractivity contribution in [1.82, 2.24) is 9.88 Å². The molecular weight excluding hydrogens is 322 g/mol. The van der Waals surface area contributed by atoms with Crippen LogP contribution in [-0.2, 0) is 9.53 Å². The second kappa shape index (κ2) is 7.00. The first-order chi connectivity index (χ1) is 11.8. The number of ether oxygens (including phenoxy) is 1. The van der Waals surface area contributed by atoms with Gasteiger partial charge in [0.2, 0.25) is 0 Å². The number of likely N-dealkylation sites (tertiary alicyclic amines) is 1. The Morgan fingerprint density at radius 2 is 1.80 bits per heavy atom. The van der Waals surface area contributed by atoms with Crippen molar-refractivity contribution < 1.29 is 19.4 Å². The number of hydrogen-bond donors (Lipinski definition) is 1. The van der Waals surface area contributed by atoms with Gasteiger partial charge in [0.25, 0.3) is 5.91 Å². The lowest BCUT2D eigenvalue weighted by atomic mass is 9.99. The lowest BCUT2D eigenvalue weighted by Gasteiger charge is -2.36. The van der Waals surface area contributed by atoms with Crippen molar-refractivity contribution in [3.63, 3.8) is 0 Å². The molecule has 2 aliphatic rings. The first-order valence-electron chi connectivity index (χ1n) is 8.73. The van der Waals surface area contributed by atoms with Crippen LogP contribution in [0.15, 0.2) is 18.3 Å². The molecule has 0 aromatic carbocycles. The van der Waals surface area contributed by atoms with E-state index in [2.05, 4.69) is 9.88 Å². The number of amides is 1. The molecule has 1 N–H and O–H groups in total. The van der Waals surface area contributed by atoms with E-state index >= 15 is 0 Å². The topological polar surface area (TPSA) is 83.0 Å². The van der Waals surface area contributed by atoms with Crippen molar-refractivity contribution in [2.75, 3.05) is 31.1 Å². The average Bonchev–Trinajstić information content (AvgIpc) is 2.95. The molecule has 7 nitrogen and oxygen atoms in total. The molecule has 136 valence electrons. The maximum absolute atomic E-state index is 12.6. The number of morpholine rings is 1. The Morgan fingerprint density at radius 1 is 1.12 bits per heavy atom. The Kier molecular flexibility index (Phi) is 4.94. The largest absolute Gasteiger partial charge is 0.481 e. The monoisotopic (exact) mass is 347 g/mol.